The summed E-state index contributed by atoms with van der Waals surface area (Å²) in [5, 5.41) is 14.0. The van der Waals surface area contributed by atoms with Crippen LogP contribution in [-0.4, -0.2) is 52.1 Å². The van der Waals surface area contributed by atoms with Gasteiger partial charge in [0.1, 0.15) is 5.82 Å². The minimum absolute atomic E-state index is 0.138. The number of aliphatic hydroxyl groups is 1. The normalized spacial score (nSPS) is 21.6. The number of carbonyl (C=O) groups is 2. The fourth-order valence-electron chi connectivity index (χ4n) is 5.53. The summed E-state index contributed by atoms with van der Waals surface area (Å²) in [5.74, 6) is -0.522. The Kier molecular flexibility index (Phi) is 10.5. The second kappa shape index (κ2) is 14.3. The number of hydrogen-bond donors (Lipinski definition) is 4. The molecule has 0 saturated carbocycles. The van der Waals surface area contributed by atoms with Crippen molar-refractivity contribution in [3.8, 4) is 0 Å². The number of piperidine rings is 2. The van der Waals surface area contributed by atoms with Crippen molar-refractivity contribution in [2.24, 2.45) is 11.5 Å². The average molecular weight is 590 g/mol. The third-order valence-electron chi connectivity index (χ3n) is 7.67. The molecule has 228 valence electrons. The summed E-state index contributed by atoms with van der Waals surface area (Å²) in [5.41, 5.74) is 14.6. The Hall–Kier alpha value is -4.28. The number of aromatic nitrogens is 1. The number of nitrogens with one attached hydrogen (secondary N) is 1. The number of nitrogens with zero attached hydrogens (tertiary/aromatic N) is 2. The lowest BCUT2D eigenvalue weighted by molar-refractivity contribution is -0.132. The van der Waals surface area contributed by atoms with Crippen LogP contribution in [-0.2, 0) is 20.9 Å². The van der Waals surface area contributed by atoms with E-state index in [9.17, 15) is 14.7 Å². The number of ether oxygens (including phenoxy) is 1. The first kappa shape index (κ1) is 31.7. The predicted molar refractivity (Wildman–Crippen MR) is 164 cm³/mol. The van der Waals surface area contributed by atoms with Crippen LogP contribution in [0.4, 0.5) is 4.39 Å². The minimum Gasteiger partial charge on any atom is -0.480 e. The molecule has 1 aromatic heterocycles. The van der Waals surface area contributed by atoms with Crippen molar-refractivity contribution >= 4 is 28.4 Å². The van der Waals surface area contributed by atoms with Crippen LogP contribution in [0.2, 0.25) is 0 Å². The molecule has 10 heteroatoms. The molecule has 2 atom stereocenters. The van der Waals surface area contributed by atoms with Crippen molar-refractivity contribution in [1.82, 2.24) is 15.2 Å². The minimum atomic E-state index is -1.06. The Bertz CT molecular complexity index is 1490. The lowest BCUT2D eigenvalue weighted by Gasteiger charge is -2.43. The van der Waals surface area contributed by atoms with E-state index in [2.05, 4.69) is 15.2 Å². The maximum absolute atomic E-state index is 15.3. The van der Waals surface area contributed by atoms with Gasteiger partial charge in [0.05, 0.1) is 17.7 Å². The first-order valence-electron chi connectivity index (χ1n) is 14.5. The summed E-state index contributed by atoms with van der Waals surface area (Å²) < 4.78 is 20.5. The smallest absolute Gasteiger partial charge is 0.226 e. The molecule has 2 amide bonds. The van der Waals surface area contributed by atoms with Gasteiger partial charge >= 0.3 is 0 Å². The van der Waals surface area contributed by atoms with Gasteiger partial charge in [0.25, 0.3) is 0 Å². The van der Waals surface area contributed by atoms with Gasteiger partial charge in [-0.3, -0.25) is 24.8 Å². The Morgan fingerprint density at radius 3 is 2.49 bits per heavy atom. The van der Waals surface area contributed by atoms with E-state index in [4.69, 9.17) is 16.2 Å². The second-order valence-electron chi connectivity index (χ2n) is 11.1. The number of halogens is 1. The lowest BCUT2D eigenvalue weighted by Crippen LogP contribution is -2.50. The van der Waals surface area contributed by atoms with E-state index in [0.717, 1.165) is 17.7 Å². The monoisotopic (exact) mass is 589 g/mol. The van der Waals surface area contributed by atoms with Crippen LogP contribution in [0.1, 0.15) is 62.1 Å². The van der Waals surface area contributed by atoms with Crippen molar-refractivity contribution in [3.63, 3.8) is 0 Å². The maximum Gasteiger partial charge on any atom is 0.226 e. The van der Waals surface area contributed by atoms with E-state index < -0.39 is 5.60 Å². The third kappa shape index (κ3) is 8.39. The third-order valence-corrected chi connectivity index (χ3v) is 7.67. The number of carbonyl (C=O) groups excluding carboxylic acids is 2. The van der Waals surface area contributed by atoms with Gasteiger partial charge in [-0.05, 0) is 80.3 Å². The number of β-amino-alcohol motifs (C(OH)–C–C–N with tert-alkyl or cyclic N) is 1. The number of fused-ring (bicyclic) bond motifs is 1. The summed E-state index contributed by atoms with van der Waals surface area (Å²) in [4.78, 5) is 27.1. The lowest BCUT2D eigenvalue weighted by atomic mass is 9.77. The van der Waals surface area contributed by atoms with E-state index in [1.54, 1.807) is 43.5 Å². The summed E-state index contributed by atoms with van der Waals surface area (Å²) in [6, 6.07) is 15.1. The van der Waals surface area contributed by atoms with Crippen LogP contribution >= 0.6 is 0 Å². The number of benzene rings is 2. The Morgan fingerprint density at radius 1 is 1.14 bits per heavy atom. The highest BCUT2D eigenvalue weighted by atomic mass is 19.1. The number of hydrogen-bond acceptors (Lipinski definition) is 8. The number of nitrogens with two attached hydrogens (primary N) is 2. The van der Waals surface area contributed by atoms with Crippen molar-refractivity contribution < 1.29 is 23.8 Å². The zero-order valence-electron chi connectivity index (χ0n) is 24.7. The molecular weight excluding hydrogens is 549 g/mol. The molecule has 2 saturated heterocycles. The Morgan fingerprint density at radius 2 is 1.86 bits per heavy atom. The van der Waals surface area contributed by atoms with Gasteiger partial charge in [0.2, 0.25) is 11.8 Å². The molecule has 43 heavy (non-hydrogen) atoms. The highest BCUT2D eigenvalue weighted by molar-refractivity contribution is 5.97. The number of allylic oxidation sites excluding steroid dienone is 2. The topological polar surface area (TPSA) is 144 Å². The van der Waals surface area contributed by atoms with E-state index >= 15 is 4.39 Å². The molecule has 0 aliphatic carbocycles. The van der Waals surface area contributed by atoms with E-state index in [0.29, 0.717) is 73.4 Å². The molecule has 5 rings (SSSR count). The van der Waals surface area contributed by atoms with Gasteiger partial charge in [-0.25, -0.2) is 4.39 Å². The maximum atomic E-state index is 15.3. The molecule has 2 fully saturated rings. The average Bonchev–Trinajstić information content (AvgIpc) is 2.97. The molecule has 2 aliphatic rings. The molecule has 9 nitrogen and oxygen atoms in total. The van der Waals surface area contributed by atoms with E-state index in [1.165, 1.54) is 0 Å². The van der Waals surface area contributed by atoms with Crippen LogP contribution < -0.4 is 16.8 Å². The fraction of sp³-hybridized carbons (Fsp3) is 0.364. The van der Waals surface area contributed by atoms with Gasteiger partial charge < -0.3 is 21.3 Å². The largest absolute Gasteiger partial charge is 0.480 e. The molecule has 2 aromatic carbocycles. The molecule has 0 bridgehead atoms. The molecule has 2 aliphatic heterocycles. The molecule has 0 radical (unpaired) electrons. The Labute approximate surface area is 251 Å². The summed E-state index contributed by atoms with van der Waals surface area (Å²) in [7, 11) is 0. The number of imide groups is 1. The number of rotatable bonds is 7. The van der Waals surface area contributed by atoms with Crippen molar-refractivity contribution in [2.45, 2.75) is 57.6 Å². The fourth-order valence-corrected chi connectivity index (χ4v) is 5.53. The van der Waals surface area contributed by atoms with Crippen LogP contribution in [0.15, 0.2) is 72.8 Å². The van der Waals surface area contributed by atoms with Crippen LogP contribution in [0.3, 0.4) is 0 Å². The highest BCUT2D eigenvalue weighted by Crippen LogP contribution is 2.39. The number of amides is 2. The molecule has 0 spiro atoms. The summed E-state index contributed by atoms with van der Waals surface area (Å²) >= 11 is 0. The van der Waals surface area contributed by atoms with E-state index in [1.807, 2.05) is 37.3 Å². The predicted octanol–water partition coefficient (Wildman–Crippen LogP) is 4.06. The highest BCUT2D eigenvalue weighted by Gasteiger charge is 2.40. The van der Waals surface area contributed by atoms with E-state index in [-0.39, 0.29) is 23.5 Å². The van der Waals surface area contributed by atoms with Gasteiger partial charge in [-0.15, -0.1) is 0 Å². The molecule has 3 aromatic rings. The Balaban J connectivity index is 0.000000458. The van der Waals surface area contributed by atoms with Crippen molar-refractivity contribution in [1.29, 1.82) is 0 Å². The number of pyridine rings is 1. The molecular formula is C33H40FN5O4. The molecule has 2 unspecified atom stereocenters. The summed E-state index contributed by atoms with van der Waals surface area (Å²) in [6.45, 7) is 6.07. The van der Waals surface area contributed by atoms with Gasteiger partial charge in [0, 0.05) is 49.1 Å². The number of likely N-dealkylation sites (tertiary alicyclic amines) is 1. The zero-order chi connectivity index (χ0) is 31.0. The molecule has 6 N–H and O–H groups in total. The van der Waals surface area contributed by atoms with Gasteiger partial charge in [-0.2, -0.15) is 0 Å². The first-order valence-corrected chi connectivity index (χ1v) is 14.5. The quantitative estimate of drug-likeness (QED) is 0.184. The molecule has 3 heterocycles. The SMILES string of the molecule is CCO/C(N)=C/C=C(\N)c1ccc(CN2CCC(c3ccc4ncccc4c3F)C(C)(O)C2)cc1.O=C1CCCC(=O)N1. The first-order chi connectivity index (χ1) is 20.6. The van der Waals surface area contributed by atoms with Crippen LogP contribution in [0.5, 0.6) is 0 Å². The van der Waals surface area contributed by atoms with Crippen molar-refractivity contribution in [3.05, 3.63) is 95.3 Å². The van der Waals surface area contributed by atoms with Crippen LogP contribution in [0.25, 0.3) is 16.6 Å². The van der Waals surface area contributed by atoms with Crippen LogP contribution in [0, 0.1) is 5.82 Å². The standard InChI is InChI=1S/C28H33FN4O2.C5H7NO2/c1-3-35-26(31)13-11-24(30)20-8-6-19(7-9-20)17-33-16-14-23(28(2,34)18-33)21-10-12-25-22(27(21)29)5-4-15-32-25;7-4-2-1-3-5(8)6-4/h4-13,15,23,34H,3,14,16-18,30-31H2,1-2H3;1-3H2,(H,6,7,8)/b24-11-,26-13+;. The van der Waals surface area contributed by atoms with Crippen molar-refractivity contribution in [2.75, 3.05) is 19.7 Å². The zero-order valence-corrected chi connectivity index (χ0v) is 24.7. The summed E-state index contributed by atoms with van der Waals surface area (Å²) in [6.07, 6.45) is 7.42. The van der Waals surface area contributed by atoms with Gasteiger partial charge in [0.15, 0.2) is 5.88 Å². The second-order valence-corrected chi connectivity index (χ2v) is 11.1. The van der Waals surface area contributed by atoms with Gasteiger partial charge in [-0.1, -0.05) is 30.3 Å².